The minimum absolute atomic E-state index is 0. The van der Waals surface area contributed by atoms with Gasteiger partial charge in [0.05, 0.1) is 0 Å². The van der Waals surface area contributed by atoms with Crippen LogP contribution in [-0.4, -0.2) is 40.9 Å². The van der Waals surface area contributed by atoms with E-state index in [2.05, 4.69) is 0 Å². The minimum Gasteiger partial charge on any atom is -0.303 e. The summed E-state index contributed by atoms with van der Waals surface area (Å²) in [6.07, 6.45) is 0. The molecule has 3 N–H and O–H groups in total. The summed E-state index contributed by atoms with van der Waals surface area (Å²) in [6, 6.07) is 0. The third-order valence-corrected chi connectivity index (χ3v) is 0. The fourth-order valence-electron chi connectivity index (χ4n) is 0. The zero-order valence-corrected chi connectivity index (χ0v) is 7.02. The maximum atomic E-state index is 8.88. The second kappa shape index (κ2) is 3.06. The second-order valence-electron chi connectivity index (χ2n) is 0.513. The van der Waals surface area contributed by atoms with E-state index in [1.54, 1.807) is 0 Å². The van der Waals surface area contributed by atoms with Crippen LogP contribution in [0.4, 0.5) is 0 Å². The van der Waals surface area contributed by atoms with Crippen molar-refractivity contribution in [2.75, 3.05) is 0 Å². The smallest absolute Gasteiger partial charge is 0.303 e. The normalized spacial score (nSPS) is 9.83. The van der Waals surface area contributed by atoms with Crippen molar-refractivity contribution < 1.29 is 19.2 Å². The molecule has 6 heteroatoms. The predicted octanol–water partition coefficient (Wildman–Crippen LogP) is -1.31. The predicted molar refractivity (Wildman–Crippen MR) is 20.0 cm³/mol. The van der Waals surface area contributed by atoms with Crippen molar-refractivity contribution in [2.45, 2.75) is 0 Å². The van der Waals surface area contributed by atoms with E-state index in [9.17, 15) is 0 Å². The molecule has 0 spiro atoms. The molecule has 6 heavy (non-hydrogen) atoms. The Bertz CT molecular complexity index is 53.7. The largest absolute Gasteiger partial charge is 3.00 e. The number of hydrogen-bond donors (Lipinski definition) is 3. The summed E-state index contributed by atoms with van der Waals surface area (Å²) < 4.78 is 8.88. The van der Waals surface area contributed by atoms with Gasteiger partial charge in [0.1, 0.15) is 0 Å². The molecule has 0 saturated heterocycles. The van der Waals surface area contributed by atoms with E-state index in [1.165, 1.54) is 0 Å². The van der Waals surface area contributed by atoms with Gasteiger partial charge in [-0.25, -0.2) is 4.57 Å². The third kappa shape index (κ3) is 80.7. The zero-order chi connectivity index (χ0) is 4.50. The van der Waals surface area contributed by atoms with Crippen LogP contribution in [0, 0.1) is 0 Å². The summed E-state index contributed by atoms with van der Waals surface area (Å²) in [5.41, 5.74) is 0. The van der Waals surface area contributed by atoms with Crippen molar-refractivity contribution in [2.24, 2.45) is 0 Å². The fourth-order valence-corrected chi connectivity index (χ4v) is 0. The van der Waals surface area contributed by atoms with E-state index < -0.39 is 7.82 Å². The molecule has 0 aromatic rings. The van der Waals surface area contributed by atoms with Crippen molar-refractivity contribution in [3.63, 3.8) is 0 Å². The minimum atomic E-state index is -4.64. The van der Waals surface area contributed by atoms with Gasteiger partial charge in [0.15, 0.2) is 0 Å². The molecular formula is H3BiO4P+3. The molecule has 0 rings (SSSR count). The molecule has 0 fully saturated rings. The molecule has 0 aliphatic carbocycles. The van der Waals surface area contributed by atoms with E-state index in [-0.39, 0.29) is 26.2 Å². The molecule has 0 saturated carbocycles. The van der Waals surface area contributed by atoms with Crippen molar-refractivity contribution in [3.05, 3.63) is 0 Å². The van der Waals surface area contributed by atoms with Crippen LogP contribution in [0.1, 0.15) is 0 Å². The van der Waals surface area contributed by atoms with Crippen LogP contribution < -0.4 is 0 Å². The summed E-state index contributed by atoms with van der Waals surface area (Å²) in [5.74, 6) is 0. The maximum absolute atomic E-state index is 8.88. The van der Waals surface area contributed by atoms with Gasteiger partial charge in [-0.05, 0) is 0 Å². The van der Waals surface area contributed by atoms with Crippen LogP contribution in [0.5, 0.6) is 0 Å². The monoisotopic (exact) mass is 307 g/mol. The Morgan fingerprint density at radius 1 is 1.17 bits per heavy atom. The molecule has 0 aliphatic rings. The molecular weight excluding hydrogens is 304 g/mol. The first kappa shape index (κ1) is 10.1. The van der Waals surface area contributed by atoms with E-state index in [1.807, 2.05) is 0 Å². The van der Waals surface area contributed by atoms with Gasteiger partial charge in [-0.1, -0.05) is 0 Å². The van der Waals surface area contributed by atoms with Gasteiger partial charge < -0.3 is 14.7 Å². The van der Waals surface area contributed by atoms with E-state index >= 15 is 0 Å². The number of phosphoric acid groups is 1. The summed E-state index contributed by atoms with van der Waals surface area (Å²) in [7, 11) is -4.64. The first-order chi connectivity index (χ1) is 2.00. The Morgan fingerprint density at radius 2 is 1.17 bits per heavy atom. The quantitative estimate of drug-likeness (QED) is 0.384. The van der Waals surface area contributed by atoms with Gasteiger partial charge in [-0.15, -0.1) is 0 Å². The molecule has 0 atom stereocenters. The van der Waals surface area contributed by atoms with Gasteiger partial charge in [0.2, 0.25) is 0 Å². The van der Waals surface area contributed by atoms with Crippen LogP contribution in [0.15, 0.2) is 0 Å². The summed E-state index contributed by atoms with van der Waals surface area (Å²) in [5, 5.41) is 0. The fraction of sp³-hybridized carbons (Fsp3) is 0. The standard InChI is InChI=1S/Bi.H3O4P/c;1-5(2,3)4/h;(H3,1,2,3,4)/q+3;. The third-order valence-electron chi connectivity index (χ3n) is 0. The Balaban J connectivity index is 0. The average molecular weight is 307 g/mol. The average Bonchev–Trinajstić information content (AvgIpc) is 0.722. The molecule has 2 radical (unpaired) electrons. The first-order valence-corrected chi connectivity index (χ1v) is 2.35. The Labute approximate surface area is 53.6 Å². The Kier molecular flexibility index (Phi) is 5.13. The summed E-state index contributed by atoms with van der Waals surface area (Å²) in [6.45, 7) is 0. The molecule has 34 valence electrons. The number of rotatable bonds is 0. The maximum Gasteiger partial charge on any atom is 3.00 e. The van der Waals surface area contributed by atoms with Crippen LogP contribution in [0.25, 0.3) is 0 Å². The van der Waals surface area contributed by atoms with Crippen LogP contribution in [-0.2, 0) is 4.57 Å². The number of hydrogen-bond acceptors (Lipinski definition) is 1. The van der Waals surface area contributed by atoms with E-state index in [4.69, 9.17) is 19.2 Å². The van der Waals surface area contributed by atoms with Gasteiger partial charge in [0.25, 0.3) is 0 Å². The van der Waals surface area contributed by atoms with Crippen molar-refractivity contribution in [3.8, 4) is 0 Å². The topological polar surface area (TPSA) is 77.8 Å². The van der Waals surface area contributed by atoms with Gasteiger partial charge in [-0.3, -0.25) is 0 Å². The van der Waals surface area contributed by atoms with Gasteiger partial charge in [-0.2, -0.15) is 0 Å². The molecule has 4 nitrogen and oxygen atoms in total. The van der Waals surface area contributed by atoms with Crippen LogP contribution in [0.2, 0.25) is 0 Å². The summed E-state index contributed by atoms with van der Waals surface area (Å²) >= 11 is 0. The van der Waals surface area contributed by atoms with Crippen molar-refractivity contribution in [1.82, 2.24) is 0 Å². The molecule has 0 aromatic carbocycles. The molecule has 0 heterocycles. The SMILES string of the molecule is O=P(O)(O)O.[Bi+3]. The van der Waals surface area contributed by atoms with E-state index in [0.717, 1.165) is 0 Å². The molecule has 0 aliphatic heterocycles. The molecule has 0 amide bonds. The molecule has 0 unspecified atom stereocenters. The second-order valence-corrected chi connectivity index (χ2v) is 1.54. The first-order valence-electron chi connectivity index (χ1n) is 0.783. The summed E-state index contributed by atoms with van der Waals surface area (Å²) in [4.78, 5) is 21.6. The Morgan fingerprint density at radius 3 is 1.17 bits per heavy atom. The van der Waals surface area contributed by atoms with Crippen molar-refractivity contribution in [1.29, 1.82) is 0 Å². The van der Waals surface area contributed by atoms with E-state index in [0.29, 0.717) is 0 Å². The van der Waals surface area contributed by atoms with Crippen LogP contribution in [0.3, 0.4) is 0 Å². The van der Waals surface area contributed by atoms with Gasteiger partial charge >= 0.3 is 34.0 Å². The molecule has 0 aromatic heterocycles. The molecule has 0 bridgehead atoms. The van der Waals surface area contributed by atoms with Crippen molar-refractivity contribution >= 4 is 34.0 Å². The zero-order valence-electron chi connectivity index (χ0n) is 2.64. The van der Waals surface area contributed by atoms with Gasteiger partial charge in [0, 0.05) is 0 Å². The Hall–Kier alpha value is 0.993. The van der Waals surface area contributed by atoms with Crippen LogP contribution >= 0.6 is 7.82 Å².